The van der Waals surface area contributed by atoms with Gasteiger partial charge in [0.1, 0.15) is 0 Å². The molecule has 5 nitrogen and oxygen atoms in total. The van der Waals surface area contributed by atoms with Gasteiger partial charge in [-0.15, -0.1) is 0 Å². The number of carbonyl (C=O) groups is 1. The number of alkyl halides is 2. The Labute approximate surface area is 161 Å². The maximum Gasteiger partial charge on any atom is 0.302 e. The number of hydrogen-bond donors (Lipinski definition) is 1. The average molecular weight is 397 g/mol. The minimum atomic E-state index is -3.06. The third-order valence-electron chi connectivity index (χ3n) is 3.58. The van der Waals surface area contributed by atoms with Gasteiger partial charge in [0.2, 0.25) is 11.7 Å². The van der Waals surface area contributed by atoms with Crippen molar-refractivity contribution >= 4 is 23.4 Å². The molecule has 2 aromatic rings. The Bertz CT molecular complexity index is 772. The molecule has 2 aromatic carbocycles. The Hall–Kier alpha value is -2.48. The number of thioether (sulfide) groups is 1. The van der Waals surface area contributed by atoms with Gasteiger partial charge in [0.15, 0.2) is 11.5 Å². The molecule has 0 fully saturated rings. The third kappa shape index (κ3) is 5.75. The average Bonchev–Trinajstić information content (AvgIpc) is 2.61. The number of methoxy groups -OCH3 is 3. The van der Waals surface area contributed by atoms with Crippen LogP contribution in [0.4, 0.5) is 14.5 Å². The highest BCUT2D eigenvalue weighted by molar-refractivity contribution is 8.00. The predicted molar refractivity (Wildman–Crippen MR) is 101 cm³/mol. The molecule has 0 radical (unpaired) electrons. The lowest BCUT2D eigenvalue weighted by Crippen LogP contribution is -2.14. The van der Waals surface area contributed by atoms with E-state index in [4.69, 9.17) is 14.2 Å². The fraction of sp³-hybridized carbons (Fsp3) is 0.316. The van der Waals surface area contributed by atoms with Gasteiger partial charge in [0.25, 0.3) is 0 Å². The molecule has 0 aliphatic carbocycles. The van der Waals surface area contributed by atoms with Crippen molar-refractivity contribution in [1.29, 1.82) is 0 Å². The van der Waals surface area contributed by atoms with Gasteiger partial charge in [0.05, 0.1) is 21.3 Å². The maximum atomic E-state index is 14.5. The van der Waals surface area contributed by atoms with Crippen LogP contribution >= 0.6 is 11.8 Å². The van der Waals surface area contributed by atoms with Gasteiger partial charge in [-0.05, 0) is 42.0 Å². The molecule has 146 valence electrons. The molecule has 0 saturated heterocycles. The van der Waals surface area contributed by atoms with E-state index < -0.39 is 11.7 Å². The first-order valence-corrected chi connectivity index (χ1v) is 8.83. The summed E-state index contributed by atoms with van der Waals surface area (Å²) < 4.78 is 44.7. The van der Waals surface area contributed by atoms with E-state index in [0.717, 1.165) is 0 Å². The van der Waals surface area contributed by atoms with E-state index in [9.17, 15) is 13.6 Å². The Morgan fingerprint density at radius 1 is 1.04 bits per heavy atom. The van der Waals surface area contributed by atoms with Gasteiger partial charge >= 0.3 is 5.25 Å². The maximum absolute atomic E-state index is 14.5. The van der Waals surface area contributed by atoms with E-state index in [2.05, 4.69) is 5.32 Å². The molecule has 8 heteroatoms. The van der Waals surface area contributed by atoms with Crippen LogP contribution in [0.2, 0.25) is 0 Å². The van der Waals surface area contributed by atoms with Gasteiger partial charge < -0.3 is 19.5 Å². The highest BCUT2D eigenvalue weighted by Gasteiger charge is 2.32. The summed E-state index contributed by atoms with van der Waals surface area (Å²) in [6.45, 7) is 1.38. The number of halogens is 2. The molecular weight excluding hydrogens is 376 g/mol. The SMILES string of the molecule is COc1cc(CC(F)(F)Sc2ccc(NC(C)=O)cc2)cc(OC)c1OC. The first-order valence-electron chi connectivity index (χ1n) is 8.01. The highest BCUT2D eigenvalue weighted by atomic mass is 32.2. The molecule has 0 aliphatic rings. The summed E-state index contributed by atoms with van der Waals surface area (Å²) in [4.78, 5) is 11.4. The molecular formula is C19H21F2NO4S. The number of hydrogen-bond acceptors (Lipinski definition) is 5. The highest BCUT2D eigenvalue weighted by Crippen LogP contribution is 2.43. The number of carbonyl (C=O) groups excluding carboxylic acids is 1. The predicted octanol–water partition coefficient (Wildman–Crippen LogP) is 4.60. The van der Waals surface area contributed by atoms with Crippen molar-refractivity contribution in [3.8, 4) is 17.2 Å². The minimum absolute atomic E-state index is 0.219. The molecule has 0 aliphatic heterocycles. The van der Waals surface area contributed by atoms with Gasteiger partial charge in [-0.2, -0.15) is 8.78 Å². The van der Waals surface area contributed by atoms with Crippen LogP contribution in [0, 0.1) is 0 Å². The van der Waals surface area contributed by atoms with Crippen LogP contribution in [0.1, 0.15) is 12.5 Å². The van der Waals surface area contributed by atoms with Crippen molar-refractivity contribution in [1.82, 2.24) is 0 Å². The van der Waals surface area contributed by atoms with Crippen molar-refractivity contribution in [3.63, 3.8) is 0 Å². The summed E-state index contributed by atoms with van der Waals surface area (Å²) >= 11 is 0.446. The quantitative estimate of drug-likeness (QED) is 0.660. The Morgan fingerprint density at radius 3 is 2.04 bits per heavy atom. The van der Waals surface area contributed by atoms with Crippen LogP contribution < -0.4 is 19.5 Å². The van der Waals surface area contributed by atoms with Gasteiger partial charge in [0, 0.05) is 23.9 Å². The lowest BCUT2D eigenvalue weighted by atomic mass is 10.1. The molecule has 0 saturated carbocycles. The lowest BCUT2D eigenvalue weighted by Gasteiger charge is -2.18. The third-order valence-corrected chi connectivity index (χ3v) is 4.53. The zero-order valence-electron chi connectivity index (χ0n) is 15.5. The van der Waals surface area contributed by atoms with Crippen LogP contribution in [0.25, 0.3) is 0 Å². The molecule has 2 rings (SSSR count). The first kappa shape index (κ1) is 20.8. The van der Waals surface area contributed by atoms with Crippen LogP contribution in [0.5, 0.6) is 17.2 Å². The largest absolute Gasteiger partial charge is 0.493 e. The fourth-order valence-electron chi connectivity index (χ4n) is 2.49. The molecule has 0 aromatic heterocycles. The summed E-state index contributed by atoms with van der Waals surface area (Å²) in [5.74, 6) is 0.788. The molecule has 1 N–H and O–H groups in total. The number of anilines is 1. The fourth-order valence-corrected chi connectivity index (χ4v) is 3.35. The number of nitrogens with one attached hydrogen (secondary N) is 1. The first-order chi connectivity index (χ1) is 12.8. The van der Waals surface area contributed by atoms with E-state index >= 15 is 0 Å². The van der Waals surface area contributed by atoms with Crippen LogP contribution in [0.3, 0.4) is 0 Å². The molecule has 0 spiro atoms. The summed E-state index contributed by atoms with van der Waals surface area (Å²) in [6.07, 6.45) is -0.512. The standard InChI is InChI=1S/C19H21F2NO4S/c1-12(23)22-14-5-7-15(8-6-14)27-19(20,21)11-13-9-16(24-2)18(26-4)17(10-13)25-3/h5-10H,11H2,1-4H3,(H,22,23). The van der Waals surface area contributed by atoms with Gasteiger partial charge in [-0.25, -0.2) is 0 Å². The number of rotatable bonds is 8. The van der Waals surface area contributed by atoms with Crippen LogP contribution in [0.15, 0.2) is 41.3 Å². The summed E-state index contributed by atoms with van der Waals surface area (Å²) in [7, 11) is 4.32. The minimum Gasteiger partial charge on any atom is -0.493 e. The smallest absolute Gasteiger partial charge is 0.302 e. The molecule has 0 unspecified atom stereocenters. The number of ether oxygens (including phenoxy) is 3. The normalized spacial score (nSPS) is 11.0. The van der Waals surface area contributed by atoms with Crippen molar-refractivity contribution in [3.05, 3.63) is 42.0 Å². The van der Waals surface area contributed by atoms with E-state index in [-0.39, 0.29) is 5.91 Å². The van der Waals surface area contributed by atoms with Crippen molar-refractivity contribution in [2.24, 2.45) is 0 Å². The van der Waals surface area contributed by atoms with Crippen molar-refractivity contribution < 1.29 is 27.8 Å². The molecule has 1 amide bonds. The second kappa shape index (κ2) is 8.94. The number of benzene rings is 2. The lowest BCUT2D eigenvalue weighted by molar-refractivity contribution is -0.114. The van der Waals surface area contributed by atoms with E-state index in [1.807, 2.05) is 0 Å². The van der Waals surface area contributed by atoms with Gasteiger partial charge in [-0.3, -0.25) is 4.79 Å². The van der Waals surface area contributed by atoms with Crippen molar-refractivity contribution in [2.75, 3.05) is 26.6 Å². The zero-order valence-corrected chi connectivity index (χ0v) is 16.3. The van der Waals surface area contributed by atoms with Gasteiger partial charge in [-0.1, -0.05) is 11.8 Å². The Kier molecular flexibility index (Phi) is 6.90. The van der Waals surface area contributed by atoms with Crippen LogP contribution in [-0.4, -0.2) is 32.5 Å². The van der Waals surface area contributed by atoms with E-state index in [1.165, 1.54) is 40.4 Å². The van der Waals surface area contributed by atoms with E-state index in [0.29, 0.717) is 45.2 Å². The molecule has 0 atom stereocenters. The van der Waals surface area contributed by atoms with Crippen LogP contribution in [-0.2, 0) is 11.2 Å². The number of amides is 1. The summed E-state index contributed by atoms with van der Waals surface area (Å²) in [5.41, 5.74) is 0.914. The monoisotopic (exact) mass is 397 g/mol. The molecule has 0 bridgehead atoms. The molecule has 0 heterocycles. The molecule has 27 heavy (non-hydrogen) atoms. The summed E-state index contributed by atoms with van der Waals surface area (Å²) in [5, 5.41) is -0.460. The van der Waals surface area contributed by atoms with Crippen molar-refractivity contribution in [2.45, 2.75) is 23.5 Å². The van der Waals surface area contributed by atoms with E-state index in [1.54, 1.807) is 24.3 Å². The zero-order chi connectivity index (χ0) is 20.0. The summed E-state index contributed by atoms with van der Waals surface area (Å²) in [6, 6.07) is 9.27. The second-order valence-electron chi connectivity index (χ2n) is 5.66. The second-order valence-corrected chi connectivity index (χ2v) is 6.93. The Morgan fingerprint density at radius 2 is 1.59 bits per heavy atom. The Balaban J connectivity index is 2.16. The topological polar surface area (TPSA) is 56.8 Å².